The Bertz CT molecular complexity index is 1050. The lowest BCUT2D eigenvalue weighted by atomic mass is 9.78. The van der Waals surface area contributed by atoms with Crippen molar-refractivity contribution in [2.45, 2.75) is 70.4 Å². The number of carbonyl (C=O) groups is 1. The summed E-state index contributed by atoms with van der Waals surface area (Å²) in [6.07, 6.45) is 2.17. The van der Waals surface area contributed by atoms with Crippen LogP contribution in [-0.2, 0) is 23.8 Å². The van der Waals surface area contributed by atoms with Crippen LogP contribution in [0.15, 0.2) is 59.8 Å². The van der Waals surface area contributed by atoms with Crippen LogP contribution in [0.4, 0.5) is 0 Å². The molecule has 0 saturated heterocycles. The van der Waals surface area contributed by atoms with Crippen molar-refractivity contribution >= 4 is 18.4 Å². The second kappa shape index (κ2) is 8.58. The molecule has 3 aromatic rings. The van der Waals surface area contributed by atoms with Crippen LogP contribution >= 0.6 is 12.6 Å². The highest BCUT2D eigenvalue weighted by Gasteiger charge is 2.27. The van der Waals surface area contributed by atoms with Crippen molar-refractivity contribution in [1.29, 1.82) is 0 Å². The van der Waals surface area contributed by atoms with E-state index in [-0.39, 0.29) is 23.0 Å². The normalized spacial score (nSPS) is 12.2. The van der Waals surface area contributed by atoms with Crippen molar-refractivity contribution in [3.8, 4) is 5.75 Å². The van der Waals surface area contributed by atoms with Gasteiger partial charge < -0.3 is 9.67 Å². The molecule has 1 aromatic heterocycles. The number of rotatable bonds is 5. The number of benzene rings is 2. The van der Waals surface area contributed by atoms with Gasteiger partial charge in [-0.1, -0.05) is 84.0 Å². The summed E-state index contributed by atoms with van der Waals surface area (Å²) in [4.78, 5) is 13.1. The van der Waals surface area contributed by atoms with E-state index in [4.69, 9.17) is 0 Å². The Balaban J connectivity index is 1.91. The molecule has 0 aliphatic carbocycles. The highest BCUT2D eigenvalue weighted by atomic mass is 32.1. The predicted octanol–water partition coefficient (Wildman–Crippen LogP) is 6.55. The molecule has 164 valence electrons. The minimum atomic E-state index is -0.222. The molecule has 1 heterocycles. The lowest BCUT2D eigenvalue weighted by Crippen LogP contribution is -2.18. The molecule has 0 spiro atoms. The van der Waals surface area contributed by atoms with E-state index >= 15 is 0 Å². The first-order chi connectivity index (χ1) is 14.4. The molecule has 0 radical (unpaired) electrons. The van der Waals surface area contributed by atoms with Crippen molar-refractivity contribution in [2.75, 3.05) is 0 Å². The van der Waals surface area contributed by atoms with E-state index in [1.54, 1.807) is 0 Å². The molecule has 1 N–H and O–H groups in total. The first kappa shape index (κ1) is 23.2. The largest absolute Gasteiger partial charge is 0.507 e. The smallest absolute Gasteiger partial charge is 0.168 e. The molecular weight excluding hydrogens is 402 g/mol. The van der Waals surface area contributed by atoms with Crippen molar-refractivity contribution < 1.29 is 9.90 Å². The molecule has 0 aliphatic heterocycles. The molecule has 0 amide bonds. The van der Waals surface area contributed by atoms with Gasteiger partial charge in [-0.05, 0) is 39.2 Å². The summed E-state index contributed by atoms with van der Waals surface area (Å²) in [5, 5.41) is 11.7. The Morgan fingerprint density at radius 1 is 0.903 bits per heavy atom. The highest BCUT2D eigenvalue weighted by molar-refractivity contribution is 7.80. The number of Topliss-reactive ketones (excluding diaryl/α,β-unsaturated/α-hetero) is 1. The fourth-order valence-electron chi connectivity index (χ4n) is 3.78. The first-order valence-electron chi connectivity index (χ1n) is 10.7. The number of aromatic hydroxyl groups is 1. The fraction of sp³-hybridized carbons (Fsp3) is 0.370. The Hall–Kier alpha value is -2.46. The van der Waals surface area contributed by atoms with Crippen LogP contribution in [0, 0.1) is 0 Å². The number of nitrogens with zero attached hydrogens (tertiary/aromatic N) is 1. The number of carbonyl (C=O) groups excluding carboxylic acids is 1. The van der Waals surface area contributed by atoms with E-state index in [1.807, 2.05) is 47.2 Å². The van der Waals surface area contributed by atoms with Gasteiger partial charge in [0.15, 0.2) is 5.78 Å². The van der Waals surface area contributed by atoms with Gasteiger partial charge in [0.1, 0.15) is 5.75 Å². The summed E-state index contributed by atoms with van der Waals surface area (Å²) in [5.41, 5.74) is 4.05. The number of thiol groups is 1. The van der Waals surface area contributed by atoms with Gasteiger partial charge in [-0.2, -0.15) is 0 Å². The lowest BCUT2D eigenvalue weighted by molar-refractivity contribution is 0.0992. The maximum absolute atomic E-state index is 13.1. The summed E-state index contributed by atoms with van der Waals surface area (Å²) in [6.45, 7) is 13.2. The number of aromatic nitrogens is 1. The average Bonchev–Trinajstić information content (AvgIpc) is 3.02. The molecule has 31 heavy (non-hydrogen) atoms. The topological polar surface area (TPSA) is 42.2 Å². The Labute approximate surface area is 191 Å². The second-order valence-electron chi connectivity index (χ2n) is 10.3. The summed E-state index contributed by atoms with van der Waals surface area (Å²) >= 11 is 4.57. The summed E-state index contributed by atoms with van der Waals surface area (Å²) in [6, 6.07) is 15.9. The zero-order valence-corrected chi connectivity index (χ0v) is 20.3. The Morgan fingerprint density at radius 3 is 1.97 bits per heavy atom. The molecule has 3 nitrogen and oxygen atoms in total. The number of hydrogen-bond acceptors (Lipinski definition) is 3. The van der Waals surface area contributed by atoms with Crippen molar-refractivity contribution in [2.24, 2.45) is 0 Å². The second-order valence-corrected chi connectivity index (χ2v) is 10.8. The van der Waals surface area contributed by atoms with Crippen LogP contribution in [-0.4, -0.2) is 15.5 Å². The van der Waals surface area contributed by atoms with E-state index in [2.05, 4.69) is 66.3 Å². The van der Waals surface area contributed by atoms with Gasteiger partial charge in [-0.25, -0.2) is 0 Å². The predicted molar refractivity (Wildman–Crippen MR) is 131 cm³/mol. The molecule has 0 fully saturated rings. The van der Waals surface area contributed by atoms with Gasteiger partial charge in [0, 0.05) is 24.7 Å². The van der Waals surface area contributed by atoms with Crippen molar-refractivity contribution in [1.82, 2.24) is 4.57 Å². The Kier molecular flexibility index (Phi) is 6.43. The molecule has 4 heteroatoms. The van der Waals surface area contributed by atoms with Crippen LogP contribution < -0.4 is 0 Å². The number of phenolic OH excluding ortho intramolecular Hbond substituents is 1. The van der Waals surface area contributed by atoms with Crippen LogP contribution in [0.1, 0.15) is 74.2 Å². The maximum atomic E-state index is 13.1. The highest BCUT2D eigenvalue weighted by Crippen LogP contribution is 2.40. The van der Waals surface area contributed by atoms with Gasteiger partial charge in [0.25, 0.3) is 0 Å². The molecule has 0 saturated carbocycles. The van der Waals surface area contributed by atoms with Crippen LogP contribution in [0.25, 0.3) is 0 Å². The molecule has 0 unspecified atom stereocenters. The third-order valence-electron chi connectivity index (χ3n) is 5.54. The zero-order valence-electron chi connectivity index (χ0n) is 19.4. The van der Waals surface area contributed by atoms with Crippen LogP contribution in [0.5, 0.6) is 5.75 Å². The molecule has 0 bridgehead atoms. The third-order valence-corrected chi connectivity index (χ3v) is 5.93. The van der Waals surface area contributed by atoms with E-state index in [9.17, 15) is 9.90 Å². The van der Waals surface area contributed by atoms with Crippen molar-refractivity contribution in [3.63, 3.8) is 0 Å². The van der Waals surface area contributed by atoms with E-state index in [0.29, 0.717) is 17.9 Å². The summed E-state index contributed by atoms with van der Waals surface area (Å²) in [5.74, 6) is 0.385. The number of hydrogen-bond donors (Lipinski definition) is 2. The third kappa shape index (κ3) is 5.43. The van der Waals surface area contributed by atoms with Crippen LogP contribution in [0.2, 0.25) is 0 Å². The Morgan fingerprint density at radius 2 is 1.45 bits per heavy atom. The zero-order chi connectivity index (χ0) is 23.0. The minimum absolute atomic E-state index is 0.0486. The summed E-state index contributed by atoms with van der Waals surface area (Å²) in [7, 11) is 0. The monoisotopic (exact) mass is 435 g/mol. The van der Waals surface area contributed by atoms with Gasteiger partial charge in [0.2, 0.25) is 0 Å². The maximum Gasteiger partial charge on any atom is 0.168 e. The number of ketones is 1. The number of phenols is 1. The molecule has 3 rings (SSSR count). The van der Waals surface area contributed by atoms with E-state index in [0.717, 1.165) is 27.3 Å². The van der Waals surface area contributed by atoms with E-state index in [1.165, 1.54) is 0 Å². The quantitative estimate of drug-likeness (QED) is 0.352. The SMILES string of the molecule is CC(C)(C)c1cc(CC(=O)c2cc(S)n(Cc3ccccc3)c2)cc(C(C)(C)C)c1O. The standard InChI is InChI=1S/C27H33NO2S/c1-26(2,3)21-12-19(13-22(25(21)30)27(4,5)6)14-23(29)20-15-24(31)28(17-20)16-18-10-8-7-9-11-18/h7-13,15,17,30-31H,14,16H2,1-6H3. The van der Waals surface area contributed by atoms with Crippen LogP contribution in [0.3, 0.4) is 0 Å². The fourth-order valence-corrected chi connectivity index (χ4v) is 4.05. The van der Waals surface area contributed by atoms with Gasteiger partial charge >= 0.3 is 0 Å². The van der Waals surface area contributed by atoms with Crippen molar-refractivity contribution in [3.05, 3.63) is 82.5 Å². The van der Waals surface area contributed by atoms with Gasteiger partial charge in [-0.15, -0.1) is 12.6 Å². The molecule has 0 aliphatic rings. The molecular formula is C27H33NO2S. The average molecular weight is 436 g/mol. The summed E-state index contributed by atoms with van der Waals surface area (Å²) < 4.78 is 1.99. The van der Waals surface area contributed by atoms with E-state index < -0.39 is 0 Å². The minimum Gasteiger partial charge on any atom is -0.507 e. The molecule has 0 atom stereocenters. The first-order valence-corrected chi connectivity index (χ1v) is 11.1. The van der Waals surface area contributed by atoms with Gasteiger partial charge in [-0.3, -0.25) is 4.79 Å². The lowest BCUT2D eigenvalue weighted by Gasteiger charge is -2.28. The molecule has 2 aromatic carbocycles. The van der Waals surface area contributed by atoms with Gasteiger partial charge in [0.05, 0.1) is 5.03 Å².